The minimum Gasteiger partial charge on any atom is -0.504 e. The minimum atomic E-state index is -1.12. The van der Waals surface area contributed by atoms with Crippen LogP contribution in [0.5, 0.6) is 11.5 Å². The van der Waals surface area contributed by atoms with Crippen molar-refractivity contribution in [3.05, 3.63) is 58.2 Å². The molecule has 34 heavy (non-hydrogen) atoms. The highest BCUT2D eigenvalue weighted by Crippen LogP contribution is 2.55. The number of allylic oxidation sites excluding steroid dienone is 6. The molecule has 0 spiro atoms. The van der Waals surface area contributed by atoms with Gasteiger partial charge in [0.2, 0.25) is 11.8 Å². The van der Waals surface area contributed by atoms with Crippen molar-refractivity contribution in [1.29, 1.82) is 0 Å². The second kappa shape index (κ2) is 7.51. The highest BCUT2D eigenvalue weighted by molar-refractivity contribution is 6.24. The van der Waals surface area contributed by atoms with E-state index in [1.165, 1.54) is 19.3 Å². The molecule has 1 aromatic rings. The number of phenols is 1. The number of rotatable bonds is 2. The summed E-state index contributed by atoms with van der Waals surface area (Å²) >= 11 is 0. The van der Waals surface area contributed by atoms with Gasteiger partial charge in [-0.2, -0.15) is 4.90 Å². The van der Waals surface area contributed by atoms with Gasteiger partial charge in [0, 0.05) is 22.6 Å². The van der Waals surface area contributed by atoms with E-state index < -0.39 is 41.5 Å². The van der Waals surface area contributed by atoms with Crippen molar-refractivity contribution >= 4 is 29.4 Å². The maximum atomic E-state index is 13.3. The molecule has 0 saturated carbocycles. The monoisotopic (exact) mass is 462 g/mol. The Bertz CT molecular complexity index is 1300. The van der Waals surface area contributed by atoms with Crippen molar-refractivity contribution in [2.75, 3.05) is 7.11 Å². The average molecular weight is 462 g/mol. The predicted octanol–water partition coefficient (Wildman–Crippen LogP) is 1.91. The Hall–Kier alpha value is -4.01. The van der Waals surface area contributed by atoms with Crippen molar-refractivity contribution in [3.63, 3.8) is 0 Å². The van der Waals surface area contributed by atoms with Crippen LogP contribution in [0.25, 0.3) is 0 Å². The molecule has 1 fully saturated rings. The molecule has 4 unspecified atom stereocenters. The van der Waals surface area contributed by atoms with Gasteiger partial charge >= 0.3 is 6.03 Å². The zero-order valence-electron chi connectivity index (χ0n) is 18.5. The number of aromatic hydroxyl groups is 1. The number of amides is 4. The van der Waals surface area contributed by atoms with E-state index in [2.05, 4.69) is 0 Å². The first-order valence-electron chi connectivity index (χ1n) is 10.9. The van der Waals surface area contributed by atoms with Gasteiger partial charge in [-0.25, -0.2) is 4.79 Å². The number of fused-ring (bicyclic) bond motifs is 3. The normalized spacial score (nSPS) is 28.2. The van der Waals surface area contributed by atoms with E-state index in [1.54, 1.807) is 19.1 Å². The summed E-state index contributed by atoms with van der Waals surface area (Å²) in [6, 6.07) is 3.62. The standard InChI is InChI=1S/C25H22N2O7/c1-10-7-16(28)15-9-14-12(4-5-13-20(14)24(32)27(23(13)31)25(26)33)19(21(15)22(10)30)11-3-6-18(34-2)17(29)8-11/h3-4,6-8,13-14,19-20,29H,5,9H2,1-2H3,(H2,26,33). The summed E-state index contributed by atoms with van der Waals surface area (Å²) in [4.78, 5) is 64.5. The summed E-state index contributed by atoms with van der Waals surface area (Å²) in [6.45, 7) is 1.58. The highest BCUT2D eigenvalue weighted by atomic mass is 16.5. The van der Waals surface area contributed by atoms with Gasteiger partial charge in [-0.1, -0.05) is 17.7 Å². The maximum absolute atomic E-state index is 13.3. The van der Waals surface area contributed by atoms with E-state index in [1.807, 2.05) is 6.08 Å². The molecule has 9 heteroatoms. The summed E-state index contributed by atoms with van der Waals surface area (Å²) in [5.74, 6) is -4.69. The Morgan fingerprint density at radius 1 is 1.15 bits per heavy atom. The topological polar surface area (TPSA) is 144 Å². The third kappa shape index (κ3) is 2.89. The SMILES string of the molecule is COc1ccc(C2C3=CCC4C(=O)N(C(N)=O)C(=O)C4C3CC3=C2C(=O)C(C)=CC3=O)cc1O. The molecule has 0 radical (unpaired) electrons. The van der Waals surface area contributed by atoms with E-state index in [9.17, 15) is 29.1 Å². The molecular weight excluding hydrogens is 440 g/mol. The van der Waals surface area contributed by atoms with E-state index in [0.29, 0.717) is 27.2 Å². The van der Waals surface area contributed by atoms with Crippen LogP contribution in [0.1, 0.15) is 31.2 Å². The third-order valence-electron chi connectivity index (χ3n) is 7.32. The molecule has 4 aliphatic rings. The Labute approximate surface area is 194 Å². The van der Waals surface area contributed by atoms with Crippen LogP contribution >= 0.6 is 0 Å². The molecule has 1 aliphatic heterocycles. The molecule has 4 amide bonds. The molecule has 3 N–H and O–H groups in total. The van der Waals surface area contributed by atoms with Crippen LogP contribution in [0.2, 0.25) is 0 Å². The molecule has 1 saturated heterocycles. The molecule has 1 aromatic carbocycles. The van der Waals surface area contributed by atoms with Crippen molar-refractivity contribution in [2.45, 2.75) is 25.7 Å². The van der Waals surface area contributed by atoms with Gasteiger partial charge in [-0.3, -0.25) is 19.2 Å². The Kier molecular flexibility index (Phi) is 4.82. The van der Waals surface area contributed by atoms with Gasteiger partial charge < -0.3 is 15.6 Å². The number of phenolic OH excluding ortho intramolecular Hbond substituents is 1. The summed E-state index contributed by atoms with van der Waals surface area (Å²) in [5.41, 5.74) is 7.49. The fourth-order valence-corrected chi connectivity index (χ4v) is 5.84. The molecule has 9 nitrogen and oxygen atoms in total. The number of methoxy groups -OCH3 is 1. The number of imide groups is 3. The number of hydrogen-bond donors (Lipinski definition) is 2. The smallest absolute Gasteiger partial charge is 0.328 e. The number of nitrogens with two attached hydrogens (primary N) is 1. The summed E-state index contributed by atoms with van der Waals surface area (Å²) in [7, 11) is 1.42. The van der Waals surface area contributed by atoms with Crippen LogP contribution < -0.4 is 10.5 Å². The lowest BCUT2D eigenvalue weighted by atomic mass is 9.59. The zero-order valence-corrected chi connectivity index (χ0v) is 18.5. The summed E-state index contributed by atoms with van der Waals surface area (Å²) in [6.07, 6.45) is 3.41. The predicted molar refractivity (Wildman–Crippen MR) is 117 cm³/mol. The average Bonchev–Trinajstić information content (AvgIpc) is 3.06. The van der Waals surface area contributed by atoms with Crippen LogP contribution in [0.3, 0.4) is 0 Å². The van der Waals surface area contributed by atoms with Crippen LogP contribution in [-0.4, -0.2) is 46.5 Å². The number of nitrogens with zero attached hydrogens (tertiary/aromatic N) is 1. The Balaban J connectivity index is 1.70. The number of ketones is 2. The van der Waals surface area contributed by atoms with Crippen molar-refractivity contribution < 1.29 is 33.8 Å². The van der Waals surface area contributed by atoms with Crippen molar-refractivity contribution in [1.82, 2.24) is 4.90 Å². The molecule has 1 heterocycles. The lowest BCUT2D eigenvalue weighted by molar-refractivity contribution is -0.136. The minimum absolute atomic E-state index is 0.0982. The summed E-state index contributed by atoms with van der Waals surface area (Å²) in [5, 5.41) is 10.4. The number of benzene rings is 1. The number of Topliss-reactive ketones (excluding diaryl/α,β-unsaturated/α-hetero) is 1. The molecule has 0 bridgehead atoms. The number of ether oxygens (including phenoxy) is 1. The highest BCUT2D eigenvalue weighted by Gasteiger charge is 2.57. The fourth-order valence-electron chi connectivity index (χ4n) is 5.84. The number of urea groups is 1. The molecule has 4 atom stereocenters. The first kappa shape index (κ1) is 21.8. The quantitative estimate of drug-likeness (QED) is 0.388. The number of carbonyl (C=O) groups excluding carboxylic acids is 5. The van der Waals surface area contributed by atoms with Gasteiger partial charge in [0.15, 0.2) is 23.1 Å². The van der Waals surface area contributed by atoms with Crippen LogP contribution in [-0.2, 0) is 19.2 Å². The number of carbonyl (C=O) groups is 5. The number of hydrogen-bond acceptors (Lipinski definition) is 7. The Morgan fingerprint density at radius 2 is 1.88 bits per heavy atom. The van der Waals surface area contributed by atoms with Crippen LogP contribution in [0.4, 0.5) is 4.79 Å². The maximum Gasteiger partial charge on any atom is 0.328 e. The molecule has 174 valence electrons. The second-order valence-corrected chi connectivity index (χ2v) is 9.01. The number of likely N-dealkylation sites (tertiary alicyclic amines) is 1. The largest absolute Gasteiger partial charge is 0.504 e. The molecule has 3 aliphatic carbocycles. The van der Waals surface area contributed by atoms with E-state index in [4.69, 9.17) is 10.5 Å². The molecule has 0 aromatic heterocycles. The van der Waals surface area contributed by atoms with Gasteiger partial charge in [0.25, 0.3) is 0 Å². The van der Waals surface area contributed by atoms with Crippen LogP contribution in [0, 0.1) is 17.8 Å². The third-order valence-corrected chi connectivity index (χ3v) is 7.32. The van der Waals surface area contributed by atoms with Gasteiger partial charge in [0.05, 0.1) is 18.9 Å². The lowest BCUT2D eigenvalue weighted by Crippen LogP contribution is -2.42. The lowest BCUT2D eigenvalue weighted by Gasteiger charge is -2.42. The second-order valence-electron chi connectivity index (χ2n) is 9.01. The van der Waals surface area contributed by atoms with Gasteiger partial charge in [0.1, 0.15) is 0 Å². The van der Waals surface area contributed by atoms with Crippen molar-refractivity contribution in [3.8, 4) is 11.5 Å². The molecular formula is C25H22N2O7. The van der Waals surface area contributed by atoms with Crippen molar-refractivity contribution in [2.24, 2.45) is 23.5 Å². The fraction of sp³-hybridized carbons (Fsp3) is 0.320. The van der Waals surface area contributed by atoms with Gasteiger partial charge in [-0.15, -0.1) is 0 Å². The molecule has 5 rings (SSSR count). The first-order chi connectivity index (χ1) is 16.1. The van der Waals surface area contributed by atoms with Gasteiger partial charge in [-0.05, 0) is 49.5 Å². The van der Waals surface area contributed by atoms with E-state index in [-0.39, 0.29) is 41.5 Å². The van der Waals surface area contributed by atoms with E-state index in [0.717, 1.165) is 0 Å². The van der Waals surface area contributed by atoms with Crippen LogP contribution in [0.15, 0.2) is 52.6 Å². The van der Waals surface area contributed by atoms with E-state index >= 15 is 0 Å². The zero-order chi connectivity index (χ0) is 24.5. The Morgan fingerprint density at radius 3 is 2.53 bits per heavy atom. The summed E-state index contributed by atoms with van der Waals surface area (Å²) < 4.78 is 5.13. The first-order valence-corrected chi connectivity index (χ1v) is 10.9. The number of primary amides is 1.